The summed E-state index contributed by atoms with van der Waals surface area (Å²) in [4.78, 5) is 14.1. The Morgan fingerprint density at radius 1 is 1.75 bits per heavy atom. The van der Waals surface area contributed by atoms with Crippen molar-refractivity contribution in [3.8, 4) is 5.88 Å². The summed E-state index contributed by atoms with van der Waals surface area (Å²) in [5, 5.41) is 20.5. The maximum Gasteiger partial charge on any atom is 0.302 e. The van der Waals surface area contributed by atoms with E-state index >= 15 is 0 Å². The van der Waals surface area contributed by atoms with Gasteiger partial charge >= 0.3 is 5.70 Å². The largest absolute Gasteiger partial charge is 0.481 e. The van der Waals surface area contributed by atoms with E-state index in [0.29, 0.717) is 18.5 Å². The molecule has 0 aromatic carbocycles. The van der Waals surface area contributed by atoms with Crippen LogP contribution >= 0.6 is 0 Å². The number of nitrogens with zero attached hydrogens (tertiary/aromatic N) is 2. The summed E-state index contributed by atoms with van der Waals surface area (Å²) in [7, 11) is 1.51. The van der Waals surface area contributed by atoms with Crippen molar-refractivity contribution < 1.29 is 9.66 Å². The molecule has 0 radical (unpaired) electrons. The van der Waals surface area contributed by atoms with Crippen LogP contribution < -0.4 is 10.1 Å². The highest BCUT2D eigenvalue weighted by Gasteiger charge is 2.15. The lowest BCUT2D eigenvalue weighted by Gasteiger charge is -2.17. The normalized spacial score (nSPS) is 12.3. The van der Waals surface area contributed by atoms with Crippen LogP contribution in [0.5, 0.6) is 5.88 Å². The molecule has 1 atom stereocenters. The number of methoxy groups -OCH3 is 1. The molecule has 7 nitrogen and oxygen atoms in total. The minimum atomic E-state index is -0.633. The van der Waals surface area contributed by atoms with E-state index in [-0.39, 0.29) is 11.7 Å². The van der Waals surface area contributed by atoms with Crippen molar-refractivity contribution >= 4 is 6.21 Å². The van der Waals surface area contributed by atoms with E-state index < -0.39 is 4.92 Å². The molecule has 1 heterocycles. The molecule has 20 heavy (non-hydrogen) atoms. The second kappa shape index (κ2) is 7.67. The first-order valence-electron chi connectivity index (χ1n) is 5.85. The van der Waals surface area contributed by atoms with Crippen LogP contribution in [0.2, 0.25) is 0 Å². The van der Waals surface area contributed by atoms with Crippen molar-refractivity contribution in [1.29, 1.82) is 5.41 Å². The van der Waals surface area contributed by atoms with Crippen LogP contribution in [0.1, 0.15) is 18.0 Å². The quantitative estimate of drug-likeness (QED) is 0.327. The molecular weight excluding hydrogens is 260 g/mol. The molecule has 0 aliphatic heterocycles. The third-order valence-corrected chi connectivity index (χ3v) is 2.56. The van der Waals surface area contributed by atoms with Crippen LogP contribution in [0.15, 0.2) is 42.9 Å². The highest BCUT2D eigenvalue weighted by atomic mass is 16.6. The first-order valence-corrected chi connectivity index (χ1v) is 5.85. The van der Waals surface area contributed by atoms with E-state index in [1.54, 1.807) is 18.3 Å². The number of pyridine rings is 1. The molecule has 1 rings (SSSR count). The molecule has 1 aromatic rings. The van der Waals surface area contributed by atoms with Crippen LogP contribution in [-0.2, 0) is 0 Å². The summed E-state index contributed by atoms with van der Waals surface area (Å²) in [6.45, 7) is 3.66. The molecule has 106 valence electrons. The zero-order valence-electron chi connectivity index (χ0n) is 11.1. The fraction of sp³-hybridized carbons (Fsp3) is 0.231. The molecule has 0 aliphatic carbocycles. The number of aromatic nitrogens is 1. The summed E-state index contributed by atoms with van der Waals surface area (Å²) in [5.41, 5.74) is 0.431. The van der Waals surface area contributed by atoms with Gasteiger partial charge in [-0.15, -0.1) is 6.58 Å². The highest BCUT2D eigenvalue weighted by molar-refractivity contribution is 5.71. The Morgan fingerprint density at radius 3 is 3.05 bits per heavy atom. The minimum absolute atomic E-state index is 0.272. The van der Waals surface area contributed by atoms with Crippen LogP contribution in [-0.4, -0.2) is 23.2 Å². The van der Waals surface area contributed by atoms with Crippen molar-refractivity contribution in [3.63, 3.8) is 0 Å². The van der Waals surface area contributed by atoms with Gasteiger partial charge in [0.25, 0.3) is 0 Å². The SMILES string of the molecule is C=CCC(N/C=C(\C=N)[N+](=O)[O-])c1cccnc1OC. The van der Waals surface area contributed by atoms with Crippen molar-refractivity contribution in [2.24, 2.45) is 0 Å². The zero-order valence-corrected chi connectivity index (χ0v) is 11.1. The topological polar surface area (TPSA) is 101 Å². The van der Waals surface area contributed by atoms with Crippen molar-refractivity contribution in [1.82, 2.24) is 10.3 Å². The number of nitrogens with one attached hydrogen (secondary N) is 2. The predicted octanol–water partition coefficient (Wildman–Crippen LogP) is 2.06. The van der Waals surface area contributed by atoms with Gasteiger partial charge in [0.05, 0.1) is 30.5 Å². The summed E-state index contributed by atoms with van der Waals surface area (Å²) in [6.07, 6.45) is 5.69. The fourth-order valence-corrected chi connectivity index (χ4v) is 1.62. The molecule has 1 unspecified atom stereocenters. The smallest absolute Gasteiger partial charge is 0.302 e. The summed E-state index contributed by atoms with van der Waals surface area (Å²) < 4.78 is 5.17. The Kier molecular flexibility index (Phi) is 5.89. The third-order valence-electron chi connectivity index (χ3n) is 2.56. The molecule has 0 bridgehead atoms. The molecule has 7 heteroatoms. The molecule has 0 amide bonds. The first kappa shape index (κ1) is 15.4. The molecule has 2 N–H and O–H groups in total. The lowest BCUT2D eigenvalue weighted by atomic mass is 10.1. The Morgan fingerprint density at radius 2 is 2.50 bits per heavy atom. The van der Waals surface area contributed by atoms with Crippen molar-refractivity contribution in [2.75, 3.05) is 7.11 Å². The molecule has 0 fully saturated rings. The number of ether oxygens (including phenoxy) is 1. The molecular formula is C13H16N4O3. The zero-order chi connectivity index (χ0) is 15.0. The van der Waals surface area contributed by atoms with E-state index in [2.05, 4.69) is 16.9 Å². The molecule has 0 aliphatic rings. The average Bonchev–Trinajstić information content (AvgIpc) is 2.46. The molecule has 0 spiro atoms. The lowest BCUT2D eigenvalue weighted by Crippen LogP contribution is -2.18. The first-order chi connectivity index (χ1) is 9.63. The van der Waals surface area contributed by atoms with E-state index in [4.69, 9.17) is 10.1 Å². The Balaban J connectivity index is 3.02. The maximum absolute atomic E-state index is 10.6. The van der Waals surface area contributed by atoms with Gasteiger partial charge in [0.1, 0.15) is 0 Å². The van der Waals surface area contributed by atoms with Gasteiger partial charge in [0, 0.05) is 11.8 Å². The van der Waals surface area contributed by atoms with Crippen LogP contribution in [0.25, 0.3) is 0 Å². The van der Waals surface area contributed by atoms with Crippen molar-refractivity contribution in [2.45, 2.75) is 12.5 Å². The van der Waals surface area contributed by atoms with Crippen molar-refractivity contribution in [3.05, 3.63) is 58.6 Å². The Hall–Kier alpha value is -2.70. The second-order valence-electron chi connectivity index (χ2n) is 3.82. The van der Waals surface area contributed by atoms with E-state index in [9.17, 15) is 10.1 Å². The van der Waals surface area contributed by atoms with Crippen LogP contribution in [0.3, 0.4) is 0 Å². The Labute approximate surface area is 116 Å². The van der Waals surface area contributed by atoms with E-state index in [1.807, 2.05) is 6.07 Å². The van der Waals surface area contributed by atoms with Gasteiger partial charge in [-0.2, -0.15) is 0 Å². The second-order valence-corrected chi connectivity index (χ2v) is 3.82. The van der Waals surface area contributed by atoms with Gasteiger partial charge in [-0.1, -0.05) is 12.1 Å². The number of nitro groups is 1. The van der Waals surface area contributed by atoms with Gasteiger partial charge in [-0.3, -0.25) is 10.1 Å². The monoisotopic (exact) mass is 276 g/mol. The standard InChI is InChI=1S/C13H16N4O3/c1-3-5-12(16-9-10(8-14)17(18)19)11-6-4-7-15-13(11)20-2/h3-4,6-9,12,14,16H,1,5H2,2H3/b10-9+,14-8?. The average molecular weight is 276 g/mol. The lowest BCUT2D eigenvalue weighted by molar-refractivity contribution is -0.414. The van der Waals surface area contributed by atoms with E-state index in [1.165, 1.54) is 13.3 Å². The highest BCUT2D eigenvalue weighted by Crippen LogP contribution is 2.25. The molecule has 0 saturated heterocycles. The molecule has 0 saturated carbocycles. The fourth-order valence-electron chi connectivity index (χ4n) is 1.62. The molecule has 1 aromatic heterocycles. The van der Waals surface area contributed by atoms with Crippen LogP contribution in [0.4, 0.5) is 0 Å². The number of hydrogen-bond acceptors (Lipinski definition) is 6. The Bertz CT molecular complexity index is 528. The maximum atomic E-state index is 10.6. The minimum Gasteiger partial charge on any atom is -0.481 e. The summed E-state index contributed by atoms with van der Waals surface area (Å²) in [5.74, 6) is 0.442. The van der Waals surface area contributed by atoms with Gasteiger partial charge in [-0.05, 0) is 12.5 Å². The number of allylic oxidation sites excluding steroid dienone is 1. The van der Waals surface area contributed by atoms with Gasteiger partial charge in [-0.25, -0.2) is 4.98 Å². The van der Waals surface area contributed by atoms with Gasteiger partial charge in [0.15, 0.2) is 0 Å². The van der Waals surface area contributed by atoms with E-state index in [0.717, 1.165) is 5.56 Å². The van der Waals surface area contributed by atoms with Crippen LogP contribution in [0, 0.1) is 15.5 Å². The summed E-state index contributed by atoms with van der Waals surface area (Å²) >= 11 is 0. The number of hydrogen-bond donors (Lipinski definition) is 2. The predicted molar refractivity (Wildman–Crippen MR) is 75.3 cm³/mol. The van der Waals surface area contributed by atoms with Gasteiger partial charge < -0.3 is 15.5 Å². The third kappa shape index (κ3) is 3.91. The summed E-state index contributed by atoms with van der Waals surface area (Å²) in [6, 6.07) is 3.30. The number of rotatable bonds is 8. The van der Waals surface area contributed by atoms with Gasteiger partial charge in [0.2, 0.25) is 5.88 Å².